The zero-order valence-electron chi connectivity index (χ0n) is 7.40. The van der Waals surface area contributed by atoms with E-state index in [1.54, 1.807) is 0 Å². The highest BCUT2D eigenvalue weighted by molar-refractivity contribution is 7.54. The molecule has 70 valence electrons. The second-order valence-electron chi connectivity index (χ2n) is 3.23. The van der Waals surface area contributed by atoms with Gasteiger partial charge >= 0.3 is 7.67 Å². The maximum absolute atomic E-state index is 12.1. The van der Waals surface area contributed by atoms with Gasteiger partial charge in [-0.15, -0.1) is 0 Å². The molecule has 2 rings (SSSR count). The average molecular weight is 190 g/mol. The van der Waals surface area contributed by atoms with E-state index in [2.05, 4.69) is 0 Å². The molecule has 0 aromatic rings. The lowest BCUT2D eigenvalue weighted by molar-refractivity contribution is 0.273. The molecule has 0 saturated carbocycles. The Morgan fingerprint density at radius 3 is 2.08 bits per heavy atom. The fourth-order valence-electron chi connectivity index (χ4n) is 1.15. The minimum Gasteiger partial charge on any atom is -0.306 e. The Kier molecular flexibility index (Phi) is 2.25. The van der Waals surface area contributed by atoms with Crippen molar-refractivity contribution in [2.24, 2.45) is 0 Å². The Morgan fingerprint density at radius 2 is 1.75 bits per heavy atom. The molecule has 0 N–H and O–H groups in total. The molecule has 0 aromatic carbocycles. The summed E-state index contributed by atoms with van der Waals surface area (Å²) in [5, 5.41) is 0. The smallest absolute Gasteiger partial charge is 0.306 e. The van der Waals surface area contributed by atoms with Gasteiger partial charge in [-0.3, -0.25) is 4.57 Å². The van der Waals surface area contributed by atoms with Gasteiger partial charge in [-0.2, -0.15) is 0 Å². The molecule has 2 saturated heterocycles. The summed E-state index contributed by atoms with van der Waals surface area (Å²) in [5.41, 5.74) is 0. The third kappa shape index (κ3) is 1.57. The van der Waals surface area contributed by atoms with Gasteiger partial charge in [0.1, 0.15) is 0 Å². The molecular formula is C7H15N2O2P. The average Bonchev–Trinajstić information content (AvgIpc) is 2.92. The van der Waals surface area contributed by atoms with Crippen molar-refractivity contribution in [1.82, 2.24) is 9.34 Å². The van der Waals surface area contributed by atoms with E-state index in [1.165, 1.54) is 0 Å². The molecule has 2 aliphatic heterocycles. The second-order valence-corrected chi connectivity index (χ2v) is 5.60. The Hall–Kier alpha value is 0.110. The monoisotopic (exact) mass is 190 g/mol. The van der Waals surface area contributed by atoms with Crippen LogP contribution in [-0.2, 0) is 9.09 Å². The topological polar surface area (TPSA) is 32.3 Å². The number of hydrogen-bond acceptors (Lipinski definition) is 2. The van der Waals surface area contributed by atoms with Crippen LogP contribution in [0.15, 0.2) is 0 Å². The normalized spacial score (nSPS) is 24.4. The molecule has 12 heavy (non-hydrogen) atoms. The molecule has 0 aromatic heterocycles. The van der Waals surface area contributed by atoms with Gasteiger partial charge in [0.05, 0.1) is 6.61 Å². The van der Waals surface area contributed by atoms with Crippen molar-refractivity contribution in [3.05, 3.63) is 0 Å². The molecule has 5 heteroatoms. The number of hydrogen-bond donors (Lipinski definition) is 0. The zero-order chi connectivity index (χ0) is 8.60. The van der Waals surface area contributed by atoms with E-state index in [0.717, 1.165) is 32.6 Å². The third-order valence-corrected chi connectivity index (χ3v) is 4.77. The van der Waals surface area contributed by atoms with E-state index in [-0.39, 0.29) is 0 Å². The van der Waals surface area contributed by atoms with Crippen LogP contribution in [0.5, 0.6) is 0 Å². The van der Waals surface area contributed by atoms with E-state index in [0.29, 0.717) is 6.61 Å². The Labute approximate surface area is 73.0 Å². The van der Waals surface area contributed by atoms with Crippen LogP contribution >= 0.6 is 7.67 Å². The predicted molar refractivity (Wildman–Crippen MR) is 47.0 cm³/mol. The lowest BCUT2D eigenvalue weighted by Crippen LogP contribution is -2.08. The van der Waals surface area contributed by atoms with Gasteiger partial charge < -0.3 is 4.52 Å². The summed E-state index contributed by atoms with van der Waals surface area (Å²) in [5.74, 6) is 0. The van der Waals surface area contributed by atoms with Gasteiger partial charge in [0.15, 0.2) is 0 Å². The van der Waals surface area contributed by atoms with Crippen molar-refractivity contribution in [1.29, 1.82) is 0 Å². The van der Waals surface area contributed by atoms with Crippen molar-refractivity contribution in [3.63, 3.8) is 0 Å². The molecule has 0 radical (unpaired) electrons. The zero-order valence-corrected chi connectivity index (χ0v) is 8.30. The van der Waals surface area contributed by atoms with Crippen molar-refractivity contribution in [3.8, 4) is 0 Å². The van der Waals surface area contributed by atoms with E-state index in [4.69, 9.17) is 4.52 Å². The summed E-state index contributed by atoms with van der Waals surface area (Å²) >= 11 is 0. The molecule has 4 nitrogen and oxygen atoms in total. The molecule has 0 spiro atoms. The van der Waals surface area contributed by atoms with Crippen LogP contribution in [-0.4, -0.2) is 42.1 Å². The van der Waals surface area contributed by atoms with Crippen molar-refractivity contribution >= 4 is 7.67 Å². The van der Waals surface area contributed by atoms with Crippen LogP contribution in [0.25, 0.3) is 0 Å². The molecule has 0 aliphatic carbocycles. The summed E-state index contributed by atoms with van der Waals surface area (Å²) in [4.78, 5) is 0. The molecule has 0 unspecified atom stereocenters. The summed E-state index contributed by atoms with van der Waals surface area (Å²) in [6.07, 6.45) is 0.936. The highest BCUT2D eigenvalue weighted by atomic mass is 31.2. The number of rotatable bonds is 5. The summed E-state index contributed by atoms with van der Waals surface area (Å²) in [6, 6.07) is 0. The number of nitrogens with zero attached hydrogens (tertiary/aromatic N) is 2. The summed E-state index contributed by atoms with van der Waals surface area (Å²) < 4.78 is 21.4. The Morgan fingerprint density at radius 1 is 1.25 bits per heavy atom. The van der Waals surface area contributed by atoms with Crippen molar-refractivity contribution in [2.45, 2.75) is 13.3 Å². The van der Waals surface area contributed by atoms with Gasteiger partial charge in [-0.05, 0) is 6.42 Å². The van der Waals surface area contributed by atoms with Crippen LogP contribution in [0.3, 0.4) is 0 Å². The van der Waals surface area contributed by atoms with Crippen LogP contribution in [0, 0.1) is 0 Å². The molecule has 2 aliphatic rings. The first-order valence-electron chi connectivity index (χ1n) is 4.53. The molecule has 2 fully saturated rings. The first kappa shape index (κ1) is 8.70. The molecule has 0 amide bonds. The molecule has 0 bridgehead atoms. The van der Waals surface area contributed by atoms with Gasteiger partial charge in [-0.25, -0.2) is 9.34 Å². The highest BCUT2D eigenvalue weighted by Crippen LogP contribution is 2.60. The van der Waals surface area contributed by atoms with Gasteiger partial charge in [0, 0.05) is 26.2 Å². The van der Waals surface area contributed by atoms with E-state index in [9.17, 15) is 4.57 Å². The van der Waals surface area contributed by atoms with Gasteiger partial charge in [-0.1, -0.05) is 6.92 Å². The van der Waals surface area contributed by atoms with Crippen LogP contribution < -0.4 is 0 Å². The van der Waals surface area contributed by atoms with Gasteiger partial charge in [0.25, 0.3) is 0 Å². The van der Waals surface area contributed by atoms with E-state index >= 15 is 0 Å². The summed E-state index contributed by atoms with van der Waals surface area (Å²) in [6.45, 7) is 6.42. The Balaban J connectivity index is 1.95. The molecule has 0 atom stereocenters. The predicted octanol–water partition coefficient (Wildman–Crippen LogP) is 1.15. The first-order valence-corrected chi connectivity index (χ1v) is 6.06. The Bertz CT molecular complexity index is 197. The van der Waals surface area contributed by atoms with Crippen LogP contribution in [0.2, 0.25) is 0 Å². The van der Waals surface area contributed by atoms with Crippen molar-refractivity contribution < 1.29 is 9.09 Å². The lowest BCUT2D eigenvalue weighted by atomic mass is 10.5. The quantitative estimate of drug-likeness (QED) is 0.481. The molecule has 2 heterocycles. The lowest BCUT2D eigenvalue weighted by Gasteiger charge is -2.18. The van der Waals surface area contributed by atoms with Gasteiger partial charge in [0.2, 0.25) is 0 Å². The van der Waals surface area contributed by atoms with E-state index in [1.807, 2.05) is 16.3 Å². The minimum absolute atomic E-state index is 0.615. The maximum Gasteiger partial charge on any atom is 0.346 e. The highest BCUT2D eigenvalue weighted by Gasteiger charge is 2.48. The fourth-order valence-corrected chi connectivity index (χ4v) is 3.44. The van der Waals surface area contributed by atoms with Crippen molar-refractivity contribution in [2.75, 3.05) is 32.8 Å². The van der Waals surface area contributed by atoms with Crippen LogP contribution in [0.4, 0.5) is 0 Å². The van der Waals surface area contributed by atoms with E-state index < -0.39 is 7.67 Å². The van der Waals surface area contributed by atoms with Crippen LogP contribution in [0.1, 0.15) is 13.3 Å². The third-order valence-electron chi connectivity index (χ3n) is 2.03. The SMILES string of the molecule is CCCOP(=O)(N1CC1)N1CC1. The largest absolute Gasteiger partial charge is 0.346 e. The first-order chi connectivity index (χ1) is 5.77. The fraction of sp³-hybridized carbons (Fsp3) is 1.00. The minimum atomic E-state index is -2.49. The standard InChI is InChI=1S/C7H15N2O2P/c1-2-7-11-12(10,8-3-4-8)9-5-6-9/h2-7H2,1H3. The summed E-state index contributed by atoms with van der Waals surface area (Å²) in [7, 11) is -2.49. The maximum atomic E-state index is 12.1. The molecular weight excluding hydrogens is 175 g/mol. The second kappa shape index (κ2) is 3.11.